The van der Waals surface area contributed by atoms with Crippen LogP contribution in [0.15, 0.2) is 42.9 Å². The lowest BCUT2D eigenvalue weighted by atomic mass is 9.97. The summed E-state index contributed by atoms with van der Waals surface area (Å²) >= 11 is 5.88. The van der Waals surface area contributed by atoms with Crippen LogP contribution in [0.2, 0.25) is 5.02 Å². The molecule has 1 aromatic carbocycles. The largest absolute Gasteiger partial charge is 0.368 e. The van der Waals surface area contributed by atoms with Gasteiger partial charge in [-0.05, 0) is 17.7 Å². The molecule has 1 aliphatic heterocycles. The van der Waals surface area contributed by atoms with Gasteiger partial charge in [0.25, 0.3) is 5.91 Å². The highest BCUT2D eigenvalue weighted by molar-refractivity contribution is 6.30. The van der Waals surface area contributed by atoms with Gasteiger partial charge in [0.2, 0.25) is 5.91 Å². The molecule has 2 amide bonds. The molecule has 1 aliphatic rings. The average molecular weight is 399 g/mol. The molecule has 1 unspecified atom stereocenters. The number of benzene rings is 1. The van der Waals surface area contributed by atoms with Crippen LogP contribution in [0.4, 0.5) is 0 Å². The molecule has 0 saturated carbocycles. The summed E-state index contributed by atoms with van der Waals surface area (Å²) < 4.78 is 3.44. The third kappa shape index (κ3) is 3.27. The van der Waals surface area contributed by atoms with Crippen LogP contribution in [0.3, 0.4) is 0 Å². The van der Waals surface area contributed by atoms with Crippen molar-refractivity contribution < 1.29 is 9.59 Å². The van der Waals surface area contributed by atoms with Crippen molar-refractivity contribution in [2.24, 2.45) is 12.8 Å². The van der Waals surface area contributed by atoms with Crippen LogP contribution < -0.4 is 5.73 Å². The molecule has 144 valence electrons. The molecular formula is C19H19ClN6O2. The number of nitrogens with zero attached hydrogens (tertiary/aromatic N) is 5. The number of nitrogens with two attached hydrogens (primary N) is 1. The van der Waals surface area contributed by atoms with Gasteiger partial charge in [-0.2, -0.15) is 10.2 Å². The van der Waals surface area contributed by atoms with Crippen molar-refractivity contribution in [1.29, 1.82) is 0 Å². The fourth-order valence-electron chi connectivity index (χ4n) is 3.59. The molecule has 1 atom stereocenters. The molecule has 0 spiro atoms. The second-order valence-corrected chi connectivity index (χ2v) is 7.21. The fraction of sp³-hybridized carbons (Fsp3) is 0.263. The van der Waals surface area contributed by atoms with Gasteiger partial charge in [-0.1, -0.05) is 23.7 Å². The number of hydrogen-bond donors (Lipinski definition) is 1. The third-order valence-electron chi connectivity index (χ3n) is 4.97. The molecule has 0 aliphatic carbocycles. The number of amides is 2. The monoisotopic (exact) mass is 398 g/mol. The van der Waals surface area contributed by atoms with E-state index in [9.17, 15) is 9.59 Å². The van der Waals surface area contributed by atoms with E-state index < -0.39 is 11.9 Å². The van der Waals surface area contributed by atoms with Gasteiger partial charge in [0.05, 0.1) is 24.0 Å². The molecule has 4 rings (SSSR count). The van der Waals surface area contributed by atoms with Crippen LogP contribution in [-0.2, 0) is 24.8 Å². The van der Waals surface area contributed by atoms with Crippen molar-refractivity contribution in [2.45, 2.75) is 19.0 Å². The zero-order chi connectivity index (χ0) is 19.8. The molecule has 8 nitrogen and oxygen atoms in total. The van der Waals surface area contributed by atoms with Crippen molar-refractivity contribution in [3.8, 4) is 0 Å². The van der Waals surface area contributed by atoms with Gasteiger partial charge in [-0.25, -0.2) is 0 Å². The van der Waals surface area contributed by atoms with Gasteiger partial charge in [0.1, 0.15) is 6.04 Å². The molecule has 9 heteroatoms. The molecule has 3 aromatic rings. The maximum absolute atomic E-state index is 13.1. The molecule has 0 radical (unpaired) electrons. The quantitative estimate of drug-likeness (QED) is 0.720. The van der Waals surface area contributed by atoms with Crippen LogP contribution in [0.1, 0.15) is 33.2 Å². The Labute approximate surface area is 166 Å². The highest BCUT2D eigenvalue weighted by atomic mass is 35.5. The highest BCUT2D eigenvalue weighted by Gasteiger charge is 2.36. The van der Waals surface area contributed by atoms with Crippen LogP contribution in [0.25, 0.3) is 0 Å². The van der Waals surface area contributed by atoms with E-state index >= 15 is 0 Å². The van der Waals surface area contributed by atoms with Crippen molar-refractivity contribution in [3.05, 3.63) is 70.3 Å². The first kappa shape index (κ1) is 18.2. The van der Waals surface area contributed by atoms with E-state index in [2.05, 4.69) is 10.2 Å². The number of fused-ring (bicyclic) bond motifs is 1. The maximum Gasteiger partial charge on any atom is 0.254 e. The van der Waals surface area contributed by atoms with Crippen molar-refractivity contribution >= 4 is 23.4 Å². The maximum atomic E-state index is 13.1. The first-order valence-corrected chi connectivity index (χ1v) is 9.20. The number of halogens is 1. The van der Waals surface area contributed by atoms with Gasteiger partial charge in [-0.15, -0.1) is 0 Å². The normalized spacial score (nSPS) is 16.1. The number of aryl methyl sites for hydroxylation is 1. The Morgan fingerprint density at radius 2 is 1.96 bits per heavy atom. The number of aromatic nitrogens is 4. The summed E-state index contributed by atoms with van der Waals surface area (Å²) in [5, 5.41) is 8.92. The van der Waals surface area contributed by atoms with Gasteiger partial charge in [-0.3, -0.25) is 19.0 Å². The zero-order valence-corrected chi connectivity index (χ0v) is 16.0. The van der Waals surface area contributed by atoms with E-state index in [1.54, 1.807) is 40.1 Å². The third-order valence-corrected chi connectivity index (χ3v) is 5.16. The molecule has 3 heterocycles. The zero-order valence-electron chi connectivity index (χ0n) is 15.2. The first-order valence-electron chi connectivity index (χ1n) is 8.82. The molecular weight excluding hydrogens is 380 g/mol. The van der Waals surface area contributed by atoms with Crippen LogP contribution in [0, 0.1) is 0 Å². The van der Waals surface area contributed by atoms with E-state index in [1.807, 2.05) is 19.2 Å². The van der Waals surface area contributed by atoms with E-state index in [0.717, 1.165) is 11.3 Å². The standard InChI is InChI=1S/C19H19ClN6O2/c1-24-16-6-7-26(17(18(21)27)15(16)9-22-24)19(28)13-4-2-12(3-5-13)10-25-11-14(20)8-23-25/h2-5,8-9,11,17H,6-7,10H2,1H3,(H2,21,27). The Bertz CT molecular complexity index is 1040. The molecule has 28 heavy (non-hydrogen) atoms. The Kier molecular flexibility index (Phi) is 4.64. The minimum atomic E-state index is -0.809. The Balaban J connectivity index is 1.56. The predicted octanol–water partition coefficient (Wildman–Crippen LogP) is 1.54. The van der Waals surface area contributed by atoms with E-state index in [4.69, 9.17) is 17.3 Å². The molecule has 0 bridgehead atoms. The summed E-state index contributed by atoms with van der Waals surface area (Å²) in [4.78, 5) is 26.7. The van der Waals surface area contributed by atoms with Gasteiger partial charge < -0.3 is 10.6 Å². The summed E-state index contributed by atoms with van der Waals surface area (Å²) in [7, 11) is 1.82. The lowest BCUT2D eigenvalue weighted by Gasteiger charge is -2.33. The molecule has 0 fully saturated rings. The van der Waals surface area contributed by atoms with E-state index in [-0.39, 0.29) is 5.91 Å². The molecule has 0 saturated heterocycles. The molecule has 2 N–H and O–H groups in total. The van der Waals surface area contributed by atoms with E-state index in [0.29, 0.717) is 35.7 Å². The minimum Gasteiger partial charge on any atom is -0.368 e. The number of carbonyl (C=O) groups excluding carboxylic acids is 2. The Hall–Kier alpha value is -3.13. The summed E-state index contributed by atoms with van der Waals surface area (Å²) in [6.07, 6.45) is 5.55. The molecule has 2 aromatic heterocycles. The number of primary amides is 1. The lowest BCUT2D eigenvalue weighted by molar-refractivity contribution is -0.123. The Morgan fingerprint density at radius 3 is 2.61 bits per heavy atom. The smallest absolute Gasteiger partial charge is 0.254 e. The number of hydrogen-bond acceptors (Lipinski definition) is 4. The minimum absolute atomic E-state index is 0.230. The van der Waals surface area contributed by atoms with Gasteiger partial charge in [0.15, 0.2) is 0 Å². The van der Waals surface area contributed by atoms with Crippen LogP contribution >= 0.6 is 11.6 Å². The number of carbonyl (C=O) groups is 2. The van der Waals surface area contributed by atoms with Gasteiger partial charge >= 0.3 is 0 Å². The van der Waals surface area contributed by atoms with E-state index in [1.165, 1.54) is 4.90 Å². The van der Waals surface area contributed by atoms with Crippen molar-refractivity contribution in [1.82, 2.24) is 24.5 Å². The SMILES string of the molecule is Cn1ncc2c1CCN(C(=O)c1ccc(Cn3cc(Cl)cn3)cc1)C2C(N)=O. The second kappa shape index (κ2) is 7.12. The van der Waals surface area contributed by atoms with Gasteiger partial charge in [0, 0.05) is 43.0 Å². The summed E-state index contributed by atoms with van der Waals surface area (Å²) in [5.74, 6) is -0.790. The Morgan fingerprint density at radius 1 is 1.21 bits per heavy atom. The second-order valence-electron chi connectivity index (χ2n) is 6.78. The fourth-order valence-corrected chi connectivity index (χ4v) is 3.75. The summed E-state index contributed by atoms with van der Waals surface area (Å²) in [5.41, 5.74) is 8.73. The lowest BCUT2D eigenvalue weighted by Crippen LogP contribution is -2.45. The highest BCUT2D eigenvalue weighted by Crippen LogP contribution is 2.30. The van der Waals surface area contributed by atoms with Crippen LogP contribution in [-0.4, -0.2) is 42.8 Å². The summed E-state index contributed by atoms with van der Waals surface area (Å²) in [6.45, 7) is 0.959. The van der Waals surface area contributed by atoms with Crippen LogP contribution in [0.5, 0.6) is 0 Å². The van der Waals surface area contributed by atoms with Crippen molar-refractivity contribution in [3.63, 3.8) is 0 Å². The topological polar surface area (TPSA) is 99.0 Å². The van der Waals surface area contributed by atoms with Crippen molar-refractivity contribution in [2.75, 3.05) is 6.54 Å². The first-order chi connectivity index (χ1) is 13.4. The predicted molar refractivity (Wildman–Crippen MR) is 103 cm³/mol. The number of rotatable bonds is 4. The average Bonchev–Trinajstić information content (AvgIpc) is 3.26. The summed E-state index contributed by atoms with van der Waals surface area (Å²) in [6, 6.07) is 6.42.